The molecule has 100 valence electrons. The highest BCUT2D eigenvalue weighted by atomic mass is 16.4. The van der Waals surface area contributed by atoms with Crippen LogP contribution >= 0.6 is 0 Å². The third-order valence-electron chi connectivity index (χ3n) is 3.03. The fraction of sp³-hybridized carbons (Fsp3) is 0.286. The van der Waals surface area contributed by atoms with Gasteiger partial charge >= 0.3 is 5.97 Å². The van der Waals surface area contributed by atoms with E-state index in [0.29, 0.717) is 12.1 Å². The highest BCUT2D eigenvalue weighted by molar-refractivity contribution is 5.99. The molecule has 5 nitrogen and oxygen atoms in total. The van der Waals surface area contributed by atoms with Crippen molar-refractivity contribution < 1.29 is 14.7 Å². The summed E-state index contributed by atoms with van der Waals surface area (Å²) in [6.07, 6.45) is 0.348. The van der Waals surface area contributed by atoms with Crippen LogP contribution in [0.2, 0.25) is 0 Å². The molecule has 0 spiro atoms. The molecule has 1 amide bonds. The smallest absolute Gasteiger partial charge is 0.326 e. The van der Waals surface area contributed by atoms with E-state index in [-0.39, 0.29) is 0 Å². The van der Waals surface area contributed by atoms with Gasteiger partial charge in [-0.15, -0.1) is 0 Å². The van der Waals surface area contributed by atoms with E-state index in [2.05, 4.69) is 10.3 Å². The summed E-state index contributed by atoms with van der Waals surface area (Å²) in [7, 11) is 0. The number of carbonyl (C=O) groups is 2. The van der Waals surface area contributed by atoms with Crippen molar-refractivity contribution in [1.82, 2.24) is 10.3 Å². The molecule has 3 N–H and O–H groups in total. The van der Waals surface area contributed by atoms with Gasteiger partial charge in [-0.3, -0.25) is 4.79 Å². The minimum atomic E-state index is -1.03. The SMILES string of the molecule is CCC(NC(=O)c1cc2cc(C)ccc2[nH]1)C(=O)O. The summed E-state index contributed by atoms with van der Waals surface area (Å²) in [5, 5.41) is 12.3. The van der Waals surface area contributed by atoms with E-state index >= 15 is 0 Å². The van der Waals surface area contributed by atoms with Crippen LogP contribution in [-0.4, -0.2) is 28.0 Å². The van der Waals surface area contributed by atoms with E-state index in [9.17, 15) is 9.59 Å². The first-order valence-corrected chi connectivity index (χ1v) is 6.14. The van der Waals surface area contributed by atoms with Gasteiger partial charge in [0.2, 0.25) is 0 Å². The Morgan fingerprint density at radius 2 is 2.11 bits per heavy atom. The number of nitrogens with one attached hydrogen (secondary N) is 2. The first kappa shape index (κ1) is 13.1. The van der Waals surface area contributed by atoms with Crippen LogP contribution in [0.25, 0.3) is 10.9 Å². The van der Waals surface area contributed by atoms with Gasteiger partial charge in [-0.05, 0) is 31.5 Å². The molecule has 0 radical (unpaired) electrons. The van der Waals surface area contributed by atoms with Crippen molar-refractivity contribution in [3.05, 3.63) is 35.5 Å². The first-order chi connectivity index (χ1) is 9.01. The van der Waals surface area contributed by atoms with E-state index in [0.717, 1.165) is 16.5 Å². The lowest BCUT2D eigenvalue weighted by Crippen LogP contribution is -2.40. The van der Waals surface area contributed by atoms with Crippen LogP contribution in [0.3, 0.4) is 0 Å². The standard InChI is InChI=1S/C14H16N2O3/c1-3-10(14(18)19)16-13(17)12-7-9-6-8(2)4-5-11(9)15-12/h4-7,10,15H,3H2,1-2H3,(H,16,17)(H,18,19). The molecule has 0 saturated carbocycles. The fourth-order valence-corrected chi connectivity index (χ4v) is 1.95. The Morgan fingerprint density at radius 3 is 2.74 bits per heavy atom. The predicted octanol–water partition coefficient (Wildman–Crippen LogP) is 2.07. The van der Waals surface area contributed by atoms with Crippen molar-refractivity contribution in [2.75, 3.05) is 0 Å². The predicted molar refractivity (Wildman–Crippen MR) is 72.2 cm³/mol. The van der Waals surface area contributed by atoms with Gasteiger partial charge in [-0.25, -0.2) is 4.79 Å². The summed E-state index contributed by atoms with van der Waals surface area (Å²) in [6.45, 7) is 3.69. The molecule has 1 aromatic heterocycles. The molecule has 0 aliphatic rings. The zero-order valence-electron chi connectivity index (χ0n) is 10.9. The number of rotatable bonds is 4. The zero-order chi connectivity index (χ0) is 14.0. The Morgan fingerprint density at radius 1 is 1.37 bits per heavy atom. The van der Waals surface area contributed by atoms with Gasteiger partial charge in [-0.1, -0.05) is 18.6 Å². The third-order valence-corrected chi connectivity index (χ3v) is 3.03. The Labute approximate surface area is 110 Å². The number of carbonyl (C=O) groups excluding carboxylic acids is 1. The molecular formula is C14H16N2O3. The number of fused-ring (bicyclic) bond motifs is 1. The molecule has 1 atom stereocenters. The van der Waals surface area contributed by atoms with Gasteiger partial charge in [0.25, 0.3) is 5.91 Å². The van der Waals surface area contributed by atoms with Gasteiger partial charge in [0, 0.05) is 10.9 Å². The lowest BCUT2D eigenvalue weighted by Gasteiger charge is -2.10. The maximum absolute atomic E-state index is 12.0. The molecule has 2 aromatic rings. The van der Waals surface area contributed by atoms with E-state index < -0.39 is 17.9 Å². The van der Waals surface area contributed by atoms with Gasteiger partial charge in [0.15, 0.2) is 0 Å². The zero-order valence-corrected chi connectivity index (χ0v) is 10.9. The molecule has 1 heterocycles. The Bertz CT molecular complexity index is 631. The largest absolute Gasteiger partial charge is 0.480 e. The van der Waals surface area contributed by atoms with Crippen molar-refractivity contribution in [3.8, 4) is 0 Å². The minimum absolute atomic E-state index is 0.348. The first-order valence-electron chi connectivity index (χ1n) is 6.14. The summed E-state index contributed by atoms with van der Waals surface area (Å²) in [6, 6.07) is 6.69. The van der Waals surface area contributed by atoms with Gasteiger partial charge in [0.05, 0.1) is 0 Å². The average Bonchev–Trinajstić information content (AvgIpc) is 2.78. The molecule has 2 rings (SSSR count). The number of aryl methyl sites for hydroxylation is 1. The number of aromatic amines is 1. The van der Waals surface area contributed by atoms with Crippen LogP contribution in [0.5, 0.6) is 0 Å². The molecule has 1 unspecified atom stereocenters. The van der Waals surface area contributed by atoms with Crippen molar-refractivity contribution >= 4 is 22.8 Å². The maximum Gasteiger partial charge on any atom is 0.326 e. The molecule has 0 fully saturated rings. The minimum Gasteiger partial charge on any atom is -0.480 e. The monoisotopic (exact) mass is 260 g/mol. The number of hydrogen-bond donors (Lipinski definition) is 3. The lowest BCUT2D eigenvalue weighted by atomic mass is 10.2. The van der Waals surface area contributed by atoms with Gasteiger partial charge in [-0.2, -0.15) is 0 Å². The summed E-state index contributed by atoms with van der Waals surface area (Å²) in [5.41, 5.74) is 2.34. The number of hydrogen-bond acceptors (Lipinski definition) is 2. The molecule has 5 heteroatoms. The molecule has 0 aliphatic carbocycles. The molecule has 0 saturated heterocycles. The number of amides is 1. The average molecular weight is 260 g/mol. The number of aliphatic carboxylic acids is 1. The molecular weight excluding hydrogens is 244 g/mol. The van der Waals surface area contributed by atoms with E-state index in [1.54, 1.807) is 13.0 Å². The quantitative estimate of drug-likeness (QED) is 0.787. The van der Waals surface area contributed by atoms with Crippen molar-refractivity contribution in [2.45, 2.75) is 26.3 Å². The molecule has 0 bridgehead atoms. The summed E-state index contributed by atoms with van der Waals surface area (Å²) < 4.78 is 0. The van der Waals surface area contributed by atoms with E-state index in [1.165, 1.54) is 0 Å². The maximum atomic E-state index is 12.0. The summed E-state index contributed by atoms with van der Waals surface area (Å²) in [5.74, 6) is -1.43. The second-order valence-corrected chi connectivity index (χ2v) is 4.55. The van der Waals surface area contributed by atoms with Crippen LogP contribution in [0.1, 0.15) is 29.4 Å². The number of benzene rings is 1. The number of carboxylic acid groups (broad SMARTS) is 1. The van der Waals surface area contributed by atoms with Crippen LogP contribution in [0, 0.1) is 6.92 Å². The fourth-order valence-electron chi connectivity index (χ4n) is 1.95. The van der Waals surface area contributed by atoms with Crippen molar-refractivity contribution in [1.29, 1.82) is 0 Å². The van der Waals surface area contributed by atoms with E-state index in [4.69, 9.17) is 5.11 Å². The Balaban J connectivity index is 2.24. The lowest BCUT2D eigenvalue weighted by molar-refractivity contribution is -0.139. The number of carboxylic acids is 1. The topological polar surface area (TPSA) is 82.2 Å². The highest BCUT2D eigenvalue weighted by Crippen LogP contribution is 2.17. The van der Waals surface area contributed by atoms with Crippen LogP contribution in [0.4, 0.5) is 0 Å². The van der Waals surface area contributed by atoms with Crippen LogP contribution in [0.15, 0.2) is 24.3 Å². The second-order valence-electron chi connectivity index (χ2n) is 4.55. The summed E-state index contributed by atoms with van der Waals surface area (Å²) >= 11 is 0. The van der Waals surface area contributed by atoms with Crippen LogP contribution in [-0.2, 0) is 4.79 Å². The molecule has 19 heavy (non-hydrogen) atoms. The normalized spacial score (nSPS) is 12.3. The Kier molecular flexibility index (Phi) is 3.55. The summed E-state index contributed by atoms with van der Waals surface area (Å²) in [4.78, 5) is 25.8. The van der Waals surface area contributed by atoms with Crippen molar-refractivity contribution in [2.24, 2.45) is 0 Å². The number of aromatic nitrogens is 1. The molecule has 1 aromatic carbocycles. The second kappa shape index (κ2) is 5.14. The Hall–Kier alpha value is -2.30. The highest BCUT2D eigenvalue weighted by Gasteiger charge is 2.19. The van der Waals surface area contributed by atoms with E-state index in [1.807, 2.05) is 25.1 Å². The van der Waals surface area contributed by atoms with Crippen LogP contribution < -0.4 is 5.32 Å². The van der Waals surface area contributed by atoms with Gasteiger partial charge < -0.3 is 15.4 Å². The van der Waals surface area contributed by atoms with Crippen molar-refractivity contribution in [3.63, 3.8) is 0 Å². The molecule has 0 aliphatic heterocycles. The third kappa shape index (κ3) is 2.76. The number of H-pyrrole nitrogens is 1. The van der Waals surface area contributed by atoms with Gasteiger partial charge in [0.1, 0.15) is 11.7 Å².